The summed E-state index contributed by atoms with van der Waals surface area (Å²) in [5.41, 5.74) is 0.760. The van der Waals surface area contributed by atoms with Crippen LogP contribution in [0.5, 0.6) is 0 Å². The first kappa shape index (κ1) is 14.0. The summed E-state index contributed by atoms with van der Waals surface area (Å²) in [6.07, 6.45) is 0. The third-order valence-electron chi connectivity index (χ3n) is 3.12. The van der Waals surface area contributed by atoms with Crippen LogP contribution in [0.25, 0.3) is 0 Å². The smallest absolute Gasteiger partial charge is 0.240 e. The average molecular weight is 266 g/mol. The van der Waals surface area contributed by atoms with Gasteiger partial charge in [-0.25, -0.2) is 0 Å². The first-order valence-electron chi connectivity index (χ1n) is 6.65. The third-order valence-corrected chi connectivity index (χ3v) is 3.12. The van der Waals surface area contributed by atoms with Crippen LogP contribution in [0.15, 0.2) is 10.6 Å². The molecule has 0 unspecified atom stereocenters. The Kier molecular flexibility index (Phi) is 4.21. The minimum Gasteiger partial charge on any atom is -0.338 e. The minimum atomic E-state index is -0.0784. The summed E-state index contributed by atoms with van der Waals surface area (Å²) in [5, 5.41) is 9.98. The lowest BCUT2D eigenvalue weighted by atomic mass is 9.92. The molecule has 1 amide bonds. The van der Waals surface area contributed by atoms with Crippen molar-refractivity contribution in [3.63, 3.8) is 0 Å². The maximum atomic E-state index is 11.9. The van der Waals surface area contributed by atoms with Gasteiger partial charge in [-0.15, -0.1) is 0 Å². The van der Waals surface area contributed by atoms with Gasteiger partial charge in [0.2, 0.25) is 11.8 Å². The lowest BCUT2D eigenvalue weighted by molar-refractivity contribution is -0.117. The van der Waals surface area contributed by atoms with Crippen molar-refractivity contribution >= 4 is 11.8 Å². The molecule has 0 spiro atoms. The number of nitrogens with zero attached hydrogens (tertiary/aromatic N) is 2. The summed E-state index contributed by atoms with van der Waals surface area (Å²) < 4.78 is 5.14. The number of hydrogen-bond acceptors (Lipinski definition) is 5. The molecule has 0 saturated carbocycles. The lowest BCUT2D eigenvalue weighted by Crippen LogP contribution is -2.46. The summed E-state index contributed by atoms with van der Waals surface area (Å²) in [5.74, 6) is 0.364. The molecule has 1 aliphatic rings. The molecule has 0 bridgehead atoms. The second kappa shape index (κ2) is 5.71. The molecular weight excluding hydrogens is 244 g/mol. The molecule has 1 aromatic heterocycles. The first-order chi connectivity index (χ1) is 8.95. The maximum Gasteiger partial charge on any atom is 0.240 e. The molecule has 2 rings (SSSR count). The summed E-state index contributed by atoms with van der Waals surface area (Å²) in [6.45, 7) is 10.2. The standard InChI is InChI=1S/C13H22N4O2/c1-13(2,3)10-8-12(19-16-10)15-11(18)9-17-6-4-14-5-7-17/h8,14H,4-7,9H2,1-3H3,(H,15,18). The van der Waals surface area contributed by atoms with E-state index in [1.54, 1.807) is 6.07 Å². The van der Waals surface area contributed by atoms with Gasteiger partial charge in [0.25, 0.3) is 0 Å². The second-order valence-electron chi connectivity index (χ2n) is 5.90. The van der Waals surface area contributed by atoms with E-state index in [0.717, 1.165) is 31.9 Å². The highest BCUT2D eigenvalue weighted by Gasteiger charge is 2.20. The molecule has 0 atom stereocenters. The number of carbonyl (C=O) groups excluding carboxylic acids is 1. The number of amides is 1. The van der Waals surface area contributed by atoms with Gasteiger partial charge in [0.15, 0.2) is 0 Å². The van der Waals surface area contributed by atoms with Crippen LogP contribution in [-0.2, 0) is 10.2 Å². The number of anilines is 1. The van der Waals surface area contributed by atoms with Crippen molar-refractivity contribution in [1.29, 1.82) is 0 Å². The predicted molar refractivity (Wildman–Crippen MR) is 73.1 cm³/mol. The maximum absolute atomic E-state index is 11.9. The number of nitrogens with one attached hydrogen (secondary N) is 2. The van der Waals surface area contributed by atoms with E-state index in [2.05, 4.69) is 41.5 Å². The van der Waals surface area contributed by atoms with Crippen LogP contribution in [0.3, 0.4) is 0 Å². The Morgan fingerprint density at radius 2 is 2.16 bits per heavy atom. The fraction of sp³-hybridized carbons (Fsp3) is 0.692. The number of aromatic nitrogens is 1. The number of piperazine rings is 1. The second-order valence-corrected chi connectivity index (χ2v) is 5.90. The average Bonchev–Trinajstić information content (AvgIpc) is 2.78. The van der Waals surface area contributed by atoms with Crippen molar-refractivity contribution in [2.24, 2.45) is 0 Å². The van der Waals surface area contributed by atoms with E-state index in [4.69, 9.17) is 4.52 Å². The molecule has 0 aromatic carbocycles. The SMILES string of the molecule is CC(C)(C)c1cc(NC(=O)CN2CCNCC2)on1. The Bertz CT molecular complexity index is 430. The Morgan fingerprint density at radius 1 is 1.47 bits per heavy atom. The van der Waals surface area contributed by atoms with E-state index < -0.39 is 0 Å². The monoisotopic (exact) mass is 266 g/mol. The normalized spacial score (nSPS) is 17.4. The Morgan fingerprint density at radius 3 is 2.74 bits per heavy atom. The van der Waals surface area contributed by atoms with Crippen molar-refractivity contribution < 1.29 is 9.32 Å². The van der Waals surface area contributed by atoms with E-state index in [1.807, 2.05) is 0 Å². The Balaban J connectivity index is 1.86. The quantitative estimate of drug-likeness (QED) is 0.847. The molecule has 2 heterocycles. The molecule has 1 aliphatic heterocycles. The molecule has 1 fully saturated rings. The summed E-state index contributed by atoms with van der Waals surface area (Å²) in [6, 6.07) is 1.79. The van der Waals surface area contributed by atoms with Crippen LogP contribution in [0.2, 0.25) is 0 Å². The Hall–Kier alpha value is -1.40. The largest absolute Gasteiger partial charge is 0.338 e. The van der Waals surface area contributed by atoms with Crippen LogP contribution >= 0.6 is 0 Å². The van der Waals surface area contributed by atoms with Gasteiger partial charge in [0.05, 0.1) is 12.2 Å². The lowest BCUT2D eigenvalue weighted by Gasteiger charge is -2.26. The van der Waals surface area contributed by atoms with Gasteiger partial charge in [-0.1, -0.05) is 25.9 Å². The van der Waals surface area contributed by atoms with Gasteiger partial charge in [-0.2, -0.15) is 0 Å². The zero-order chi connectivity index (χ0) is 13.9. The van der Waals surface area contributed by atoms with Crippen molar-refractivity contribution in [3.8, 4) is 0 Å². The van der Waals surface area contributed by atoms with Gasteiger partial charge in [0.1, 0.15) is 0 Å². The summed E-state index contributed by atoms with van der Waals surface area (Å²) in [4.78, 5) is 14.0. The molecule has 0 radical (unpaired) electrons. The molecule has 2 N–H and O–H groups in total. The van der Waals surface area contributed by atoms with Crippen molar-refractivity contribution in [3.05, 3.63) is 11.8 Å². The molecule has 19 heavy (non-hydrogen) atoms. The summed E-state index contributed by atoms with van der Waals surface area (Å²) in [7, 11) is 0. The molecule has 1 saturated heterocycles. The molecular formula is C13H22N4O2. The molecule has 1 aromatic rings. The fourth-order valence-corrected chi connectivity index (χ4v) is 1.94. The van der Waals surface area contributed by atoms with E-state index in [0.29, 0.717) is 12.4 Å². The Labute approximate surface area is 113 Å². The topological polar surface area (TPSA) is 70.4 Å². The van der Waals surface area contributed by atoms with Gasteiger partial charge in [0, 0.05) is 37.7 Å². The van der Waals surface area contributed by atoms with Crippen LogP contribution in [0.1, 0.15) is 26.5 Å². The van der Waals surface area contributed by atoms with E-state index in [9.17, 15) is 4.79 Å². The van der Waals surface area contributed by atoms with Gasteiger partial charge < -0.3 is 9.84 Å². The van der Waals surface area contributed by atoms with Crippen molar-refractivity contribution in [1.82, 2.24) is 15.4 Å². The number of hydrogen-bond donors (Lipinski definition) is 2. The summed E-state index contributed by atoms with van der Waals surface area (Å²) >= 11 is 0. The minimum absolute atomic E-state index is 0.0569. The fourth-order valence-electron chi connectivity index (χ4n) is 1.94. The zero-order valence-corrected chi connectivity index (χ0v) is 11.8. The number of rotatable bonds is 3. The first-order valence-corrected chi connectivity index (χ1v) is 6.65. The third kappa shape index (κ3) is 4.04. The highest BCUT2D eigenvalue weighted by atomic mass is 16.5. The molecule has 6 nitrogen and oxygen atoms in total. The van der Waals surface area contributed by atoms with Crippen LogP contribution in [-0.4, -0.2) is 48.7 Å². The van der Waals surface area contributed by atoms with Gasteiger partial charge in [-0.05, 0) is 0 Å². The van der Waals surface area contributed by atoms with Gasteiger partial charge in [-0.3, -0.25) is 15.0 Å². The molecule has 0 aliphatic carbocycles. The number of carbonyl (C=O) groups is 1. The zero-order valence-electron chi connectivity index (χ0n) is 11.8. The van der Waals surface area contributed by atoms with Crippen LogP contribution in [0, 0.1) is 0 Å². The van der Waals surface area contributed by atoms with E-state index in [-0.39, 0.29) is 11.3 Å². The van der Waals surface area contributed by atoms with Crippen molar-refractivity contribution in [2.45, 2.75) is 26.2 Å². The van der Waals surface area contributed by atoms with Gasteiger partial charge >= 0.3 is 0 Å². The molecule has 6 heteroatoms. The highest BCUT2D eigenvalue weighted by molar-refractivity contribution is 5.91. The van der Waals surface area contributed by atoms with Crippen molar-refractivity contribution in [2.75, 3.05) is 38.0 Å². The highest BCUT2D eigenvalue weighted by Crippen LogP contribution is 2.23. The van der Waals surface area contributed by atoms with Crippen LogP contribution in [0.4, 0.5) is 5.88 Å². The van der Waals surface area contributed by atoms with E-state index >= 15 is 0 Å². The predicted octanol–water partition coefficient (Wildman–Crippen LogP) is 0.816. The van der Waals surface area contributed by atoms with Crippen LogP contribution < -0.4 is 10.6 Å². The van der Waals surface area contributed by atoms with E-state index in [1.165, 1.54) is 0 Å². The molecule has 106 valence electrons.